The normalized spacial score (nSPS) is 21.3. The van der Waals surface area contributed by atoms with Gasteiger partial charge >= 0.3 is 6.01 Å². The van der Waals surface area contributed by atoms with Gasteiger partial charge in [0.1, 0.15) is 11.9 Å². The largest absolute Gasteiger partial charge is 0.481 e. The highest BCUT2D eigenvalue weighted by molar-refractivity contribution is 5.41. The zero-order chi connectivity index (χ0) is 16.7. The summed E-state index contributed by atoms with van der Waals surface area (Å²) in [6, 6.07) is 2.13. The third kappa shape index (κ3) is 5.49. The second-order valence-corrected chi connectivity index (χ2v) is 5.61. The quantitative estimate of drug-likeness (QED) is 0.746. The van der Waals surface area contributed by atoms with Crippen molar-refractivity contribution in [1.82, 2.24) is 14.9 Å². The third-order valence-electron chi connectivity index (χ3n) is 3.58. The molecular weight excluding hydrogens is 300 g/mol. The van der Waals surface area contributed by atoms with E-state index in [4.69, 9.17) is 18.9 Å². The van der Waals surface area contributed by atoms with E-state index in [2.05, 4.69) is 20.2 Å². The summed E-state index contributed by atoms with van der Waals surface area (Å²) >= 11 is 0. The average Bonchev–Trinajstić information content (AvgIpc) is 2.55. The van der Waals surface area contributed by atoms with Crippen molar-refractivity contribution in [3.8, 4) is 11.9 Å². The molecule has 1 aliphatic heterocycles. The highest BCUT2D eigenvalue weighted by Gasteiger charge is 2.27. The van der Waals surface area contributed by atoms with Gasteiger partial charge in [-0.3, -0.25) is 0 Å². The molecule has 1 fully saturated rings. The standard InChI is InChI=1S/C15H26N4O4/c1-19(2)6-8-23-12-10-22-7-5-11(12)16-13-9-14(20-3)18-15(17-13)21-4/h9,11-12H,5-8,10H2,1-4H3,(H,16,17,18)/t11-,12-/m1/s1. The Hall–Kier alpha value is -1.64. The molecule has 1 aromatic rings. The van der Waals surface area contributed by atoms with Gasteiger partial charge in [-0.25, -0.2) is 0 Å². The van der Waals surface area contributed by atoms with Gasteiger partial charge in [-0.05, 0) is 20.5 Å². The lowest BCUT2D eigenvalue weighted by Gasteiger charge is -2.32. The van der Waals surface area contributed by atoms with Gasteiger partial charge in [0, 0.05) is 19.2 Å². The molecule has 0 aliphatic carbocycles. The van der Waals surface area contributed by atoms with Crippen LogP contribution < -0.4 is 14.8 Å². The highest BCUT2D eigenvalue weighted by Crippen LogP contribution is 2.21. The number of aromatic nitrogens is 2. The van der Waals surface area contributed by atoms with Crippen LogP contribution >= 0.6 is 0 Å². The molecule has 130 valence electrons. The molecule has 1 aromatic heterocycles. The van der Waals surface area contributed by atoms with Crippen molar-refractivity contribution in [2.75, 3.05) is 60.0 Å². The van der Waals surface area contributed by atoms with E-state index < -0.39 is 0 Å². The maximum absolute atomic E-state index is 5.96. The van der Waals surface area contributed by atoms with Crippen molar-refractivity contribution in [2.45, 2.75) is 18.6 Å². The van der Waals surface area contributed by atoms with Gasteiger partial charge < -0.3 is 29.2 Å². The topological polar surface area (TPSA) is 78.0 Å². The number of nitrogens with zero attached hydrogens (tertiary/aromatic N) is 3. The predicted octanol–water partition coefficient (Wildman–Crippen LogP) is 0.641. The molecule has 2 rings (SSSR count). The summed E-state index contributed by atoms with van der Waals surface area (Å²) < 4.78 is 21.8. The Bertz CT molecular complexity index is 464. The monoisotopic (exact) mass is 326 g/mol. The van der Waals surface area contributed by atoms with Crippen LogP contribution in [0, 0.1) is 0 Å². The van der Waals surface area contributed by atoms with E-state index in [1.54, 1.807) is 13.2 Å². The summed E-state index contributed by atoms with van der Waals surface area (Å²) in [7, 11) is 7.14. The molecule has 2 heterocycles. The maximum atomic E-state index is 5.96. The molecule has 8 heteroatoms. The number of anilines is 1. The van der Waals surface area contributed by atoms with Crippen molar-refractivity contribution in [3.05, 3.63) is 6.07 Å². The van der Waals surface area contributed by atoms with E-state index in [0.717, 1.165) is 13.0 Å². The summed E-state index contributed by atoms with van der Waals surface area (Å²) in [6.07, 6.45) is 0.831. The van der Waals surface area contributed by atoms with Crippen LogP contribution in [0.15, 0.2) is 6.07 Å². The summed E-state index contributed by atoms with van der Waals surface area (Å²) in [4.78, 5) is 10.5. The molecule has 23 heavy (non-hydrogen) atoms. The van der Waals surface area contributed by atoms with Crippen molar-refractivity contribution >= 4 is 5.82 Å². The lowest BCUT2D eigenvalue weighted by molar-refractivity contribution is -0.0592. The molecule has 1 N–H and O–H groups in total. The van der Waals surface area contributed by atoms with Crippen LogP contribution in [0.5, 0.6) is 11.9 Å². The van der Waals surface area contributed by atoms with Crippen molar-refractivity contribution in [3.63, 3.8) is 0 Å². The molecule has 0 amide bonds. The number of ether oxygens (including phenoxy) is 4. The third-order valence-corrected chi connectivity index (χ3v) is 3.58. The van der Waals surface area contributed by atoms with Gasteiger partial charge in [0.2, 0.25) is 5.88 Å². The van der Waals surface area contributed by atoms with Gasteiger partial charge in [-0.2, -0.15) is 9.97 Å². The van der Waals surface area contributed by atoms with E-state index in [1.807, 2.05) is 14.1 Å². The van der Waals surface area contributed by atoms with Crippen LogP contribution in [-0.4, -0.2) is 81.7 Å². The Labute approximate surface area is 137 Å². The molecule has 0 bridgehead atoms. The molecule has 0 radical (unpaired) electrons. The molecule has 1 aliphatic rings. The fraction of sp³-hybridized carbons (Fsp3) is 0.733. The lowest BCUT2D eigenvalue weighted by atomic mass is 10.1. The Balaban J connectivity index is 2.00. The molecule has 2 atom stereocenters. The zero-order valence-electron chi connectivity index (χ0n) is 14.2. The number of methoxy groups -OCH3 is 2. The number of hydrogen-bond acceptors (Lipinski definition) is 8. The van der Waals surface area contributed by atoms with Crippen molar-refractivity contribution in [1.29, 1.82) is 0 Å². The van der Waals surface area contributed by atoms with E-state index in [9.17, 15) is 0 Å². The van der Waals surface area contributed by atoms with Crippen LogP contribution in [0.3, 0.4) is 0 Å². The van der Waals surface area contributed by atoms with Gasteiger partial charge in [0.05, 0.1) is 33.5 Å². The fourth-order valence-corrected chi connectivity index (χ4v) is 2.29. The summed E-state index contributed by atoms with van der Waals surface area (Å²) in [6.45, 7) is 2.81. The summed E-state index contributed by atoms with van der Waals surface area (Å²) in [5.41, 5.74) is 0. The van der Waals surface area contributed by atoms with Gasteiger partial charge in [0.15, 0.2) is 0 Å². The molecular formula is C15H26N4O4. The fourth-order valence-electron chi connectivity index (χ4n) is 2.29. The summed E-state index contributed by atoms with van der Waals surface area (Å²) in [5.74, 6) is 1.11. The molecule has 1 saturated heterocycles. The maximum Gasteiger partial charge on any atom is 0.321 e. The van der Waals surface area contributed by atoms with Crippen LogP contribution in [0.25, 0.3) is 0 Å². The first kappa shape index (κ1) is 17.7. The average molecular weight is 326 g/mol. The summed E-state index contributed by atoms with van der Waals surface area (Å²) in [5, 5.41) is 3.39. The number of nitrogens with one attached hydrogen (secondary N) is 1. The number of rotatable bonds is 8. The van der Waals surface area contributed by atoms with E-state index in [0.29, 0.717) is 31.5 Å². The molecule has 8 nitrogen and oxygen atoms in total. The second kappa shape index (κ2) is 8.85. The Morgan fingerprint density at radius 2 is 2.13 bits per heavy atom. The minimum Gasteiger partial charge on any atom is -0.481 e. The predicted molar refractivity (Wildman–Crippen MR) is 86.3 cm³/mol. The molecule has 0 spiro atoms. The molecule has 0 aromatic carbocycles. The highest BCUT2D eigenvalue weighted by atomic mass is 16.5. The Kier molecular flexibility index (Phi) is 6.82. The van der Waals surface area contributed by atoms with Crippen LogP contribution in [0.2, 0.25) is 0 Å². The van der Waals surface area contributed by atoms with E-state index >= 15 is 0 Å². The van der Waals surface area contributed by atoms with E-state index in [-0.39, 0.29) is 18.2 Å². The van der Waals surface area contributed by atoms with Crippen molar-refractivity contribution in [2.24, 2.45) is 0 Å². The minimum absolute atomic E-state index is 0.0179. The Morgan fingerprint density at radius 3 is 2.83 bits per heavy atom. The lowest BCUT2D eigenvalue weighted by Crippen LogP contribution is -2.44. The van der Waals surface area contributed by atoms with Gasteiger partial charge in [0.25, 0.3) is 0 Å². The first-order valence-electron chi connectivity index (χ1n) is 7.70. The van der Waals surface area contributed by atoms with Crippen LogP contribution in [0.4, 0.5) is 5.82 Å². The first-order valence-corrected chi connectivity index (χ1v) is 7.70. The van der Waals surface area contributed by atoms with E-state index in [1.165, 1.54) is 7.11 Å². The van der Waals surface area contributed by atoms with Gasteiger partial charge in [-0.15, -0.1) is 0 Å². The Morgan fingerprint density at radius 1 is 1.30 bits per heavy atom. The molecule has 0 unspecified atom stereocenters. The molecule has 0 saturated carbocycles. The second-order valence-electron chi connectivity index (χ2n) is 5.61. The van der Waals surface area contributed by atoms with Crippen LogP contribution in [0.1, 0.15) is 6.42 Å². The smallest absolute Gasteiger partial charge is 0.321 e. The number of hydrogen-bond donors (Lipinski definition) is 1. The minimum atomic E-state index is -0.0179. The van der Waals surface area contributed by atoms with Gasteiger partial charge in [-0.1, -0.05) is 0 Å². The number of likely N-dealkylation sites (N-methyl/N-ethyl adjacent to an activating group) is 1. The first-order chi connectivity index (χ1) is 11.1. The van der Waals surface area contributed by atoms with Crippen molar-refractivity contribution < 1.29 is 18.9 Å². The van der Waals surface area contributed by atoms with Crippen LogP contribution in [-0.2, 0) is 9.47 Å². The zero-order valence-corrected chi connectivity index (χ0v) is 14.2. The SMILES string of the molecule is COc1cc(N[C@@H]2CCOC[C@H]2OCCN(C)C)nc(OC)n1.